The fraction of sp³-hybridized carbons (Fsp3) is 0.222. The number of esters is 1. The summed E-state index contributed by atoms with van der Waals surface area (Å²) in [4.78, 5) is 23.3. The minimum Gasteiger partial charge on any atom is -0.482 e. The number of benzene rings is 2. The van der Waals surface area contributed by atoms with Crippen molar-refractivity contribution in [3.8, 4) is 5.75 Å². The van der Waals surface area contributed by atoms with Crippen molar-refractivity contribution in [1.82, 2.24) is 0 Å². The molecule has 5 heteroatoms. The van der Waals surface area contributed by atoms with E-state index in [1.165, 1.54) is 0 Å². The molecule has 120 valence electrons. The number of carbonyl (C=O) groups excluding carboxylic acids is 2. The zero-order chi connectivity index (χ0) is 16.7. The molecule has 23 heavy (non-hydrogen) atoms. The van der Waals surface area contributed by atoms with Crippen LogP contribution in [0.4, 0.5) is 5.69 Å². The molecule has 1 N–H and O–H groups in total. The average molecular weight is 313 g/mol. The Bertz CT molecular complexity index is 680. The molecule has 0 spiro atoms. The van der Waals surface area contributed by atoms with Crippen molar-refractivity contribution in [2.45, 2.75) is 13.8 Å². The quantitative estimate of drug-likeness (QED) is 0.833. The second-order valence-electron chi connectivity index (χ2n) is 5.18. The SMILES string of the molecule is Cc1ccc(OCC(=O)OCC(=O)Nc2cccc(C)c2)cc1. The first-order valence-electron chi connectivity index (χ1n) is 7.24. The van der Waals surface area contributed by atoms with Gasteiger partial charge in [0.05, 0.1) is 0 Å². The Hall–Kier alpha value is -2.82. The smallest absolute Gasteiger partial charge is 0.344 e. The zero-order valence-electron chi connectivity index (χ0n) is 13.2. The molecule has 0 aliphatic rings. The number of rotatable bonds is 6. The Morgan fingerprint density at radius 2 is 1.70 bits per heavy atom. The van der Waals surface area contributed by atoms with Crippen molar-refractivity contribution in [1.29, 1.82) is 0 Å². The molecular formula is C18H19NO4. The van der Waals surface area contributed by atoms with E-state index >= 15 is 0 Å². The van der Waals surface area contributed by atoms with Gasteiger partial charge in [0.15, 0.2) is 13.2 Å². The van der Waals surface area contributed by atoms with E-state index in [1.54, 1.807) is 18.2 Å². The molecule has 5 nitrogen and oxygen atoms in total. The highest BCUT2D eigenvalue weighted by Crippen LogP contribution is 2.11. The average Bonchev–Trinajstić information content (AvgIpc) is 2.52. The first kappa shape index (κ1) is 16.5. The van der Waals surface area contributed by atoms with Gasteiger partial charge in [0, 0.05) is 5.69 Å². The van der Waals surface area contributed by atoms with Crippen molar-refractivity contribution in [3.05, 3.63) is 59.7 Å². The fourth-order valence-corrected chi connectivity index (χ4v) is 1.88. The van der Waals surface area contributed by atoms with E-state index in [1.807, 2.05) is 44.2 Å². The van der Waals surface area contributed by atoms with Crippen molar-refractivity contribution in [2.24, 2.45) is 0 Å². The van der Waals surface area contributed by atoms with Gasteiger partial charge >= 0.3 is 5.97 Å². The Kier molecular flexibility index (Phi) is 5.74. The number of anilines is 1. The van der Waals surface area contributed by atoms with E-state index in [0.29, 0.717) is 11.4 Å². The molecule has 0 aliphatic heterocycles. The molecule has 1 amide bonds. The number of amides is 1. The van der Waals surface area contributed by atoms with Crippen molar-refractivity contribution in [3.63, 3.8) is 0 Å². The molecule has 2 rings (SSSR count). The van der Waals surface area contributed by atoms with Crippen LogP contribution < -0.4 is 10.1 Å². The van der Waals surface area contributed by atoms with Gasteiger partial charge < -0.3 is 14.8 Å². The van der Waals surface area contributed by atoms with Gasteiger partial charge in [0.25, 0.3) is 5.91 Å². The number of hydrogen-bond donors (Lipinski definition) is 1. The summed E-state index contributed by atoms with van der Waals surface area (Å²) in [5.74, 6) is -0.402. The lowest BCUT2D eigenvalue weighted by molar-refractivity contribution is -0.149. The Balaban J connectivity index is 1.71. The lowest BCUT2D eigenvalue weighted by Crippen LogP contribution is -2.23. The third-order valence-corrected chi connectivity index (χ3v) is 3.04. The van der Waals surface area contributed by atoms with Crippen molar-refractivity contribution < 1.29 is 19.1 Å². The van der Waals surface area contributed by atoms with E-state index in [9.17, 15) is 9.59 Å². The minimum absolute atomic E-state index is 0.235. The summed E-state index contributed by atoms with van der Waals surface area (Å²) in [7, 11) is 0. The standard InChI is InChI=1S/C18H19NO4/c1-13-6-8-16(9-7-13)22-12-18(21)23-11-17(20)19-15-5-3-4-14(2)10-15/h3-10H,11-12H2,1-2H3,(H,19,20). The third-order valence-electron chi connectivity index (χ3n) is 3.04. The maximum atomic E-state index is 11.7. The van der Waals surface area contributed by atoms with Crippen LogP contribution in [0.15, 0.2) is 48.5 Å². The first-order chi connectivity index (χ1) is 11.0. The van der Waals surface area contributed by atoms with Crippen LogP contribution in [0.2, 0.25) is 0 Å². The largest absolute Gasteiger partial charge is 0.482 e. The van der Waals surface area contributed by atoms with Crippen LogP contribution in [0, 0.1) is 13.8 Å². The molecule has 0 radical (unpaired) electrons. The number of nitrogens with one attached hydrogen (secondary N) is 1. The van der Waals surface area contributed by atoms with E-state index in [-0.39, 0.29) is 19.1 Å². The van der Waals surface area contributed by atoms with Gasteiger partial charge in [-0.25, -0.2) is 4.79 Å². The molecular weight excluding hydrogens is 294 g/mol. The Labute approximate surface area is 135 Å². The number of ether oxygens (including phenoxy) is 2. The molecule has 2 aromatic rings. The second kappa shape index (κ2) is 7.98. The van der Waals surface area contributed by atoms with Crippen LogP contribution in [0.1, 0.15) is 11.1 Å². The van der Waals surface area contributed by atoms with Crippen molar-refractivity contribution in [2.75, 3.05) is 18.5 Å². The van der Waals surface area contributed by atoms with E-state index in [4.69, 9.17) is 9.47 Å². The van der Waals surface area contributed by atoms with E-state index in [2.05, 4.69) is 5.32 Å². The lowest BCUT2D eigenvalue weighted by atomic mass is 10.2. The van der Waals surface area contributed by atoms with Crippen LogP contribution in [0.3, 0.4) is 0 Å². The van der Waals surface area contributed by atoms with Crippen LogP contribution in [0.5, 0.6) is 5.75 Å². The number of carbonyl (C=O) groups is 2. The van der Waals surface area contributed by atoms with Gasteiger partial charge in [-0.05, 0) is 43.7 Å². The molecule has 0 unspecified atom stereocenters. The second-order valence-corrected chi connectivity index (χ2v) is 5.18. The molecule has 0 fully saturated rings. The lowest BCUT2D eigenvalue weighted by Gasteiger charge is -2.08. The predicted molar refractivity (Wildman–Crippen MR) is 87.4 cm³/mol. The van der Waals surface area contributed by atoms with E-state index in [0.717, 1.165) is 11.1 Å². The topological polar surface area (TPSA) is 64.6 Å². The molecule has 0 saturated heterocycles. The van der Waals surface area contributed by atoms with Crippen LogP contribution in [-0.2, 0) is 14.3 Å². The fourth-order valence-electron chi connectivity index (χ4n) is 1.88. The monoisotopic (exact) mass is 313 g/mol. The van der Waals surface area contributed by atoms with Crippen LogP contribution in [-0.4, -0.2) is 25.1 Å². The highest BCUT2D eigenvalue weighted by atomic mass is 16.6. The molecule has 0 heterocycles. The Morgan fingerprint density at radius 1 is 0.957 bits per heavy atom. The Morgan fingerprint density at radius 3 is 2.39 bits per heavy atom. The summed E-state index contributed by atoms with van der Waals surface area (Å²) >= 11 is 0. The van der Waals surface area contributed by atoms with Crippen LogP contribution in [0.25, 0.3) is 0 Å². The minimum atomic E-state index is -0.593. The summed E-state index contributed by atoms with van der Waals surface area (Å²) < 4.78 is 10.2. The van der Waals surface area contributed by atoms with E-state index < -0.39 is 5.97 Å². The van der Waals surface area contributed by atoms with Gasteiger partial charge in [0.2, 0.25) is 0 Å². The highest BCUT2D eigenvalue weighted by Gasteiger charge is 2.09. The summed E-state index contributed by atoms with van der Waals surface area (Å²) in [5.41, 5.74) is 2.81. The number of hydrogen-bond acceptors (Lipinski definition) is 4. The maximum absolute atomic E-state index is 11.7. The maximum Gasteiger partial charge on any atom is 0.344 e. The normalized spacial score (nSPS) is 10.0. The van der Waals surface area contributed by atoms with Gasteiger partial charge in [0.1, 0.15) is 5.75 Å². The molecule has 0 aliphatic carbocycles. The molecule has 0 bridgehead atoms. The van der Waals surface area contributed by atoms with Gasteiger partial charge in [-0.3, -0.25) is 4.79 Å². The predicted octanol–water partition coefficient (Wildman–Crippen LogP) is 2.86. The molecule has 0 atom stereocenters. The van der Waals surface area contributed by atoms with Crippen LogP contribution >= 0.6 is 0 Å². The summed E-state index contributed by atoms with van der Waals surface area (Å²) in [5, 5.41) is 2.66. The first-order valence-corrected chi connectivity index (χ1v) is 7.24. The third kappa shape index (κ3) is 5.82. The molecule has 2 aromatic carbocycles. The zero-order valence-corrected chi connectivity index (χ0v) is 13.2. The summed E-state index contributed by atoms with van der Waals surface area (Å²) in [6.07, 6.45) is 0. The highest BCUT2D eigenvalue weighted by molar-refractivity contribution is 5.92. The molecule has 0 aromatic heterocycles. The summed E-state index contributed by atoms with van der Waals surface area (Å²) in [6, 6.07) is 14.7. The van der Waals surface area contributed by atoms with Crippen molar-refractivity contribution >= 4 is 17.6 Å². The molecule has 0 saturated carbocycles. The van der Waals surface area contributed by atoms with Gasteiger partial charge in [-0.2, -0.15) is 0 Å². The van der Waals surface area contributed by atoms with Gasteiger partial charge in [-0.1, -0.05) is 29.8 Å². The number of aryl methyl sites for hydroxylation is 2. The summed E-state index contributed by atoms with van der Waals surface area (Å²) in [6.45, 7) is 3.31. The van der Waals surface area contributed by atoms with Gasteiger partial charge in [-0.15, -0.1) is 0 Å².